The first-order valence-corrected chi connectivity index (χ1v) is 14.5. The van der Waals surface area contributed by atoms with E-state index in [9.17, 15) is 14.4 Å². The molecule has 7 nitrogen and oxygen atoms in total. The van der Waals surface area contributed by atoms with E-state index in [0.29, 0.717) is 35.9 Å². The second kappa shape index (κ2) is 10.6. The number of carboxylic acids is 1. The predicted molar refractivity (Wildman–Crippen MR) is 144 cm³/mol. The van der Waals surface area contributed by atoms with E-state index < -0.39 is 5.97 Å². The average Bonchev–Trinajstić information content (AvgIpc) is 3.47. The third kappa shape index (κ3) is 5.74. The molecule has 0 saturated heterocycles. The molecule has 0 bridgehead atoms. The number of nitrogens with zero attached hydrogens (tertiary/aromatic N) is 1. The summed E-state index contributed by atoms with van der Waals surface area (Å²) in [5.74, 6) is -0.934. The molecule has 5 rings (SSSR count). The van der Waals surface area contributed by atoms with Gasteiger partial charge in [0.1, 0.15) is 0 Å². The maximum atomic E-state index is 13.1. The third-order valence-electron chi connectivity index (χ3n) is 8.41. The Hall–Kier alpha value is -2.74. The van der Waals surface area contributed by atoms with Gasteiger partial charge in [-0.3, -0.25) is 14.4 Å². The molecule has 198 valence electrons. The summed E-state index contributed by atoms with van der Waals surface area (Å²) in [6.07, 6.45) is 10.1. The normalized spacial score (nSPS) is 22.6. The number of carboxylic acid groups (broad SMARTS) is 1. The van der Waals surface area contributed by atoms with E-state index in [1.54, 1.807) is 0 Å². The lowest BCUT2D eigenvalue weighted by Gasteiger charge is -2.32. The van der Waals surface area contributed by atoms with Crippen LogP contribution in [0.25, 0.3) is 10.4 Å². The molecule has 0 atom stereocenters. The van der Waals surface area contributed by atoms with Crippen molar-refractivity contribution in [2.24, 2.45) is 11.8 Å². The van der Waals surface area contributed by atoms with Crippen molar-refractivity contribution in [1.29, 1.82) is 0 Å². The number of hydrogen-bond donors (Lipinski definition) is 3. The van der Waals surface area contributed by atoms with Gasteiger partial charge in [0.15, 0.2) is 5.01 Å². The molecule has 0 radical (unpaired) electrons. The highest BCUT2D eigenvalue weighted by Crippen LogP contribution is 2.49. The summed E-state index contributed by atoms with van der Waals surface area (Å²) in [6, 6.07) is 6.04. The van der Waals surface area contributed by atoms with Crippen LogP contribution in [0, 0.1) is 11.8 Å². The number of hydrogen-bond acceptors (Lipinski definition) is 5. The maximum Gasteiger partial charge on any atom is 0.306 e. The molecule has 8 heteroatoms. The lowest BCUT2D eigenvalue weighted by Crippen LogP contribution is -2.46. The summed E-state index contributed by atoms with van der Waals surface area (Å²) >= 11 is 1.40. The van der Waals surface area contributed by atoms with E-state index in [1.807, 2.05) is 19.1 Å². The number of benzene rings is 1. The molecule has 2 amide bonds. The molecule has 3 N–H and O–H groups in total. The van der Waals surface area contributed by atoms with Crippen LogP contribution in [-0.4, -0.2) is 40.5 Å². The number of carbonyl (C=O) groups excluding carboxylic acids is 2. The van der Waals surface area contributed by atoms with E-state index in [2.05, 4.69) is 23.6 Å². The minimum atomic E-state index is -0.802. The molecule has 37 heavy (non-hydrogen) atoms. The fourth-order valence-corrected chi connectivity index (χ4v) is 6.62. The van der Waals surface area contributed by atoms with Gasteiger partial charge < -0.3 is 15.7 Å². The molecule has 1 aromatic carbocycles. The van der Waals surface area contributed by atoms with Gasteiger partial charge in [-0.25, -0.2) is 4.98 Å². The zero-order valence-electron chi connectivity index (χ0n) is 21.8. The molecule has 0 unspecified atom stereocenters. The van der Waals surface area contributed by atoms with Crippen LogP contribution in [0.4, 0.5) is 0 Å². The smallest absolute Gasteiger partial charge is 0.306 e. The SMILES string of the molecule is CCNC(=O)c1cc(-c2sc(C(=O)N[C@H]3C[C@H](C(=O)O)C3)nc2CC2CCCCC2)cc(C2(C)CC2)c1. The zero-order valence-corrected chi connectivity index (χ0v) is 22.6. The Morgan fingerprint density at radius 2 is 1.81 bits per heavy atom. The van der Waals surface area contributed by atoms with Crippen molar-refractivity contribution in [2.75, 3.05) is 6.54 Å². The Kier molecular flexibility index (Phi) is 7.39. The van der Waals surface area contributed by atoms with Gasteiger partial charge in [-0.15, -0.1) is 11.3 Å². The van der Waals surface area contributed by atoms with Gasteiger partial charge in [-0.2, -0.15) is 0 Å². The Balaban J connectivity index is 1.47. The van der Waals surface area contributed by atoms with Crippen molar-refractivity contribution in [2.45, 2.75) is 89.5 Å². The Bertz CT molecular complexity index is 1190. The molecule has 0 aliphatic heterocycles. The third-order valence-corrected chi connectivity index (χ3v) is 9.56. The molecule has 2 aromatic rings. The summed E-state index contributed by atoms with van der Waals surface area (Å²) < 4.78 is 0. The second-order valence-corrected chi connectivity index (χ2v) is 12.4. The van der Waals surface area contributed by atoms with Crippen molar-refractivity contribution in [1.82, 2.24) is 15.6 Å². The second-order valence-electron chi connectivity index (χ2n) is 11.4. The van der Waals surface area contributed by atoms with Gasteiger partial charge in [-0.1, -0.05) is 39.0 Å². The summed E-state index contributed by atoms with van der Waals surface area (Å²) in [5, 5.41) is 15.5. The van der Waals surface area contributed by atoms with Crippen molar-refractivity contribution >= 4 is 29.1 Å². The first kappa shape index (κ1) is 25.9. The van der Waals surface area contributed by atoms with Gasteiger partial charge in [0.2, 0.25) is 0 Å². The van der Waals surface area contributed by atoms with Gasteiger partial charge in [0.05, 0.1) is 16.5 Å². The maximum absolute atomic E-state index is 13.1. The number of aromatic nitrogens is 1. The van der Waals surface area contributed by atoms with Gasteiger partial charge >= 0.3 is 5.97 Å². The van der Waals surface area contributed by atoms with Crippen LogP contribution in [0.5, 0.6) is 0 Å². The minimum absolute atomic E-state index is 0.0795. The lowest BCUT2D eigenvalue weighted by atomic mass is 9.80. The van der Waals surface area contributed by atoms with Gasteiger partial charge in [-0.05, 0) is 79.7 Å². The summed E-state index contributed by atoms with van der Waals surface area (Å²) in [6.45, 7) is 4.73. The first-order chi connectivity index (χ1) is 17.8. The molecule has 3 fully saturated rings. The monoisotopic (exact) mass is 523 g/mol. The van der Waals surface area contributed by atoms with E-state index >= 15 is 0 Å². The van der Waals surface area contributed by atoms with Crippen LogP contribution >= 0.6 is 11.3 Å². The highest BCUT2D eigenvalue weighted by molar-refractivity contribution is 7.17. The molecule has 1 heterocycles. The molecule has 3 saturated carbocycles. The summed E-state index contributed by atoms with van der Waals surface area (Å²) in [7, 11) is 0. The van der Waals surface area contributed by atoms with Crippen molar-refractivity contribution in [3.8, 4) is 10.4 Å². The van der Waals surface area contributed by atoms with Crippen LogP contribution in [0.15, 0.2) is 18.2 Å². The van der Waals surface area contributed by atoms with Crippen LogP contribution < -0.4 is 10.6 Å². The number of aliphatic carboxylic acids is 1. The number of amides is 2. The molecule has 3 aliphatic rings. The van der Waals surface area contributed by atoms with Crippen LogP contribution in [-0.2, 0) is 16.6 Å². The fourth-order valence-electron chi connectivity index (χ4n) is 5.64. The minimum Gasteiger partial charge on any atom is -0.481 e. The quantitative estimate of drug-likeness (QED) is 0.412. The van der Waals surface area contributed by atoms with E-state index in [1.165, 1.54) is 49.0 Å². The van der Waals surface area contributed by atoms with Crippen LogP contribution in [0.3, 0.4) is 0 Å². The van der Waals surface area contributed by atoms with Gasteiger partial charge in [0, 0.05) is 18.2 Å². The largest absolute Gasteiger partial charge is 0.481 e. The number of thiazole rings is 1. The highest BCUT2D eigenvalue weighted by atomic mass is 32.1. The van der Waals surface area contributed by atoms with Crippen molar-refractivity contribution in [3.63, 3.8) is 0 Å². The van der Waals surface area contributed by atoms with E-state index in [0.717, 1.165) is 35.4 Å². The fraction of sp³-hybridized carbons (Fsp3) is 0.586. The molecule has 3 aliphatic carbocycles. The summed E-state index contributed by atoms with van der Waals surface area (Å²) in [4.78, 5) is 43.0. The lowest BCUT2D eigenvalue weighted by molar-refractivity contribution is -0.145. The Morgan fingerprint density at radius 3 is 2.46 bits per heavy atom. The molecule has 1 aromatic heterocycles. The number of nitrogens with one attached hydrogen (secondary N) is 2. The summed E-state index contributed by atoms with van der Waals surface area (Å²) in [5.41, 5.74) is 3.82. The van der Waals surface area contributed by atoms with Crippen molar-refractivity contribution < 1.29 is 19.5 Å². The predicted octanol–water partition coefficient (Wildman–Crippen LogP) is 5.33. The number of rotatable bonds is 9. The first-order valence-electron chi connectivity index (χ1n) is 13.7. The molecular weight excluding hydrogens is 486 g/mol. The van der Waals surface area contributed by atoms with E-state index in [-0.39, 0.29) is 29.2 Å². The topological polar surface area (TPSA) is 108 Å². The van der Waals surface area contributed by atoms with Crippen LogP contribution in [0.1, 0.15) is 103 Å². The number of carbonyl (C=O) groups is 3. The molecule has 0 spiro atoms. The average molecular weight is 524 g/mol. The van der Waals surface area contributed by atoms with Gasteiger partial charge in [0.25, 0.3) is 11.8 Å². The van der Waals surface area contributed by atoms with Crippen molar-refractivity contribution in [3.05, 3.63) is 40.0 Å². The highest BCUT2D eigenvalue weighted by Gasteiger charge is 2.40. The molecular formula is C29H37N3O4S. The Labute approximate surface area is 222 Å². The Morgan fingerprint density at radius 1 is 1.08 bits per heavy atom. The standard InChI is InChI=1S/C29H37N3O4S/c1-3-30-25(33)19-12-18(13-21(14-19)29(2)9-10-29)24-23(11-17-7-5-4-6-8-17)32-27(37-24)26(34)31-22-15-20(16-22)28(35)36/h12-14,17,20,22H,3-11,15-16H2,1-2H3,(H,30,33)(H,31,34)(H,35,36)/t20-,22-. The van der Waals surface area contributed by atoms with E-state index in [4.69, 9.17) is 10.1 Å². The zero-order chi connectivity index (χ0) is 26.2. The van der Waals surface area contributed by atoms with Crippen LogP contribution in [0.2, 0.25) is 0 Å².